The van der Waals surface area contributed by atoms with E-state index in [-0.39, 0.29) is 36.0 Å². The van der Waals surface area contributed by atoms with Crippen LogP contribution in [0.25, 0.3) is 5.69 Å². The molecule has 5 aromatic rings. The van der Waals surface area contributed by atoms with E-state index in [0.717, 1.165) is 27.4 Å². The zero-order valence-electron chi connectivity index (χ0n) is 24.5. The molecule has 0 unspecified atom stereocenters. The number of thioether (sulfide) groups is 1. The molecule has 0 aliphatic carbocycles. The Kier molecular flexibility index (Phi) is 9.03. The van der Waals surface area contributed by atoms with Crippen molar-refractivity contribution in [3.8, 4) is 11.4 Å². The number of hydrogen-bond donors (Lipinski definition) is 1. The molecule has 1 aliphatic rings. The molecule has 0 spiro atoms. The number of amides is 2. The average Bonchev–Trinajstić information content (AvgIpc) is 3.83. The Hall–Kier alpha value is -4.81. The predicted octanol–water partition coefficient (Wildman–Crippen LogP) is 6.18. The van der Waals surface area contributed by atoms with Crippen LogP contribution in [0, 0.1) is 12.7 Å². The largest absolute Gasteiger partial charge is 0.496 e. The molecule has 0 saturated heterocycles. The number of ether oxygens (including phenoxy) is 1. The maximum absolute atomic E-state index is 13.7. The Bertz CT molecular complexity index is 1860. The van der Waals surface area contributed by atoms with Crippen molar-refractivity contribution in [3.05, 3.63) is 124 Å². The summed E-state index contributed by atoms with van der Waals surface area (Å²) in [6.45, 7) is 2.08. The minimum atomic E-state index is -0.355. The number of benzene rings is 3. The lowest BCUT2D eigenvalue weighted by atomic mass is 10.0. The van der Waals surface area contributed by atoms with Crippen molar-refractivity contribution in [2.24, 2.45) is 5.10 Å². The van der Waals surface area contributed by atoms with Crippen LogP contribution in [0.1, 0.15) is 44.6 Å². The molecule has 1 N–H and O–H groups in total. The number of rotatable bonds is 10. The van der Waals surface area contributed by atoms with E-state index in [0.29, 0.717) is 28.7 Å². The summed E-state index contributed by atoms with van der Waals surface area (Å²) in [5, 5.41) is 20.4. The molecule has 6 rings (SSSR count). The molecule has 0 bridgehead atoms. The topological polar surface area (TPSA) is 102 Å². The number of carbonyl (C=O) groups excluding carboxylic acids is 2. The number of para-hydroxylation sites is 1. The number of aryl methyl sites for hydroxylation is 1. The van der Waals surface area contributed by atoms with Crippen LogP contribution in [0.2, 0.25) is 0 Å². The predicted molar refractivity (Wildman–Crippen MR) is 172 cm³/mol. The third-order valence-electron chi connectivity index (χ3n) is 7.27. The molecule has 9 nitrogen and oxygen atoms in total. The molecular formula is C33H29FN6O3S2. The third kappa shape index (κ3) is 6.66. The highest BCUT2D eigenvalue weighted by molar-refractivity contribution is 7.99. The van der Waals surface area contributed by atoms with Gasteiger partial charge in [0.1, 0.15) is 11.6 Å². The lowest BCUT2D eigenvalue weighted by molar-refractivity contribution is -0.130. The van der Waals surface area contributed by atoms with E-state index in [1.807, 2.05) is 53.3 Å². The summed E-state index contributed by atoms with van der Waals surface area (Å²) in [5.74, 6) is 0.144. The fraction of sp³-hybridized carbons (Fsp3) is 0.182. The molecule has 2 aromatic heterocycles. The van der Waals surface area contributed by atoms with Crippen LogP contribution in [-0.4, -0.2) is 50.2 Å². The molecule has 1 aliphatic heterocycles. The van der Waals surface area contributed by atoms with Gasteiger partial charge in [0, 0.05) is 12.1 Å². The van der Waals surface area contributed by atoms with Gasteiger partial charge in [0.15, 0.2) is 11.0 Å². The summed E-state index contributed by atoms with van der Waals surface area (Å²) in [6.07, 6.45) is 0.526. The first-order valence-electron chi connectivity index (χ1n) is 14.2. The summed E-state index contributed by atoms with van der Waals surface area (Å²) in [4.78, 5) is 27.7. The molecular weight excluding hydrogens is 612 g/mol. The maximum atomic E-state index is 13.7. The minimum Gasteiger partial charge on any atom is -0.496 e. The van der Waals surface area contributed by atoms with E-state index in [4.69, 9.17) is 9.84 Å². The highest BCUT2D eigenvalue weighted by Gasteiger charge is 2.33. The normalized spacial score (nSPS) is 14.3. The maximum Gasteiger partial charge on any atom is 0.255 e. The van der Waals surface area contributed by atoms with Gasteiger partial charge in [-0.1, -0.05) is 54.2 Å². The van der Waals surface area contributed by atoms with Crippen molar-refractivity contribution in [2.45, 2.75) is 31.1 Å². The second-order valence-corrected chi connectivity index (χ2v) is 12.2. The number of methoxy groups -OCH3 is 1. The van der Waals surface area contributed by atoms with Crippen molar-refractivity contribution in [2.75, 3.05) is 12.9 Å². The Labute approximate surface area is 267 Å². The lowest BCUT2D eigenvalue weighted by Crippen LogP contribution is -2.28. The number of hydrogen-bond acceptors (Lipinski definition) is 8. The Balaban J connectivity index is 1.24. The lowest BCUT2D eigenvalue weighted by Gasteiger charge is -2.22. The summed E-state index contributed by atoms with van der Waals surface area (Å²) in [6, 6.07) is 24.6. The van der Waals surface area contributed by atoms with Gasteiger partial charge in [-0.05, 0) is 65.9 Å². The molecule has 12 heteroatoms. The van der Waals surface area contributed by atoms with E-state index in [1.165, 1.54) is 36.0 Å². The van der Waals surface area contributed by atoms with Gasteiger partial charge in [-0.3, -0.25) is 14.2 Å². The first-order chi connectivity index (χ1) is 21.9. The summed E-state index contributed by atoms with van der Waals surface area (Å²) < 4.78 is 20.9. The fourth-order valence-corrected chi connectivity index (χ4v) is 6.63. The zero-order chi connectivity index (χ0) is 31.3. The van der Waals surface area contributed by atoms with E-state index in [9.17, 15) is 14.0 Å². The Morgan fingerprint density at radius 2 is 1.87 bits per heavy atom. The van der Waals surface area contributed by atoms with Crippen LogP contribution < -0.4 is 10.1 Å². The molecule has 0 saturated carbocycles. The first-order valence-corrected chi connectivity index (χ1v) is 16.0. The quantitative estimate of drug-likeness (QED) is 0.183. The second kappa shape index (κ2) is 13.4. The van der Waals surface area contributed by atoms with Crippen molar-refractivity contribution in [1.29, 1.82) is 0 Å². The molecule has 228 valence electrons. The van der Waals surface area contributed by atoms with Crippen LogP contribution in [0.5, 0.6) is 5.75 Å². The summed E-state index contributed by atoms with van der Waals surface area (Å²) >= 11 is 2.80. The van der Waals surface area contributed by atoms with Crippen molar-refractivity contribution in [1.82, 2.24) is 25.1 Å². The summed E-state index contributed by atoms with van der Waals surface area (Å²) in [5.41, 5.74) is 3.87. The number of carbonyl (C=O) groups is 2. The summed E-state index contributed by atoms with van der Waals surface area (Å²) in [7, 11) is 1.52. The van der Waals surface area contributed by atoms with E-state index in [2.05, 4.69) is 15.5 Å². The fourth-order valence-electron chi connectivity index (χ4n) is 5.09. The standard InChI is InChI=1S/C33H29FN6O3S2/c1-21-7-5-8-24(17-21)39-30(19-35-32(42)25-9-3-4-10-28(25)43-2)36-37-33(39)45-20-31(41)40-27(22-12-14-23(34)15-13-22)18-26(38-40)29-11-6-16-44-29/h3-17,27H,18-20H2,1-2H3,(H,35,42)/t27-/m1/s1. The minimum absolute atomic E-state index is 0.0381. The van der Waals surface area contributed by atoms with Gasteiger partial charge in [0.05, 0.1) is 41.6 Å². The van der Waals surface area contributed by atoms with Gasteiger partial charge >= 0.3 is 0 Å². The van der Waals surface area contributed by atoms with Crippen molar-refractivity contribution >= 4 is 40.6 Å². The van der Waals surface area contributed by atoms with E-state index < -0.39 is 0 Å². The smallest absolute Gasteiger partial charge is 0.255 e. The van der Waals surface area contributed by atoms with Crippen LogP contribution in [-0.2, 0) is 11.3 Å². The van der Waals surface area contributed by atoms with Gasteiger partial charge in [0.2, 0.25) is 0 Å². The van der Waals surface area contributed by atoms with Gasteiger partial charge < -0.3 is 10.1 Å². The van der Waals surface area contributed by atoms with E-state index >= 15 is 0 Å². The highest BCUT2D eigenvalue weighted by Crippen LogP contribution is 2.35. The Morgan fingerprint density at radius 1 is 1.04 bits per heavy atom. The van der Waals surface area contributed by atoms with Gasteiger partial charge in [0.25, 0.3) is 11.8 Å². The van der Waals surface area contributed by atoms with E-state index in [1.54, 1.807) is 47.7 Å². The number of halogens is 1. The SMILES string of the molecule is COc1ccccc1C(=O)NCc1nnc(SCC(=O)N2N=C(c3cccs3)C[C@@H]2c2ccc(F)cc2)n1-c1cccc(C)c1. The molecule has 1 atom stereocenters. The van der Waals surface area contributed by atoms with Crippen LogP contribution in [0.15, 0.2) is 101 Å². The molecule has 3 aromatic carbocycles. The second-order valence-electron chi connectivity index (χ2n) is 10.3. The van der Waals surface area contributed by atoms with Gasteiger partial charge in [-0.25, -0.2) is 9.40 Å². The number of hydrazone groups is 1. The van der Waals surface area contributed by atoms with Crippen molar-refractivity contribution < 1.29 is 18.7 Å². The molecule has 45 heavy (non-hydrogen) atoms. The average molecular weight is 641 g/mol. The van der Waals surface area contributed by atoms with Crippen LogP contribution in [0.3, 0.4) is 0 Å². The number of thiophene rings is 1. The Morgan fingerprint density at radius 3 is 2.62 bits per heavy atom. The highest BCUT2D eigenvalue weighted by atomic mass is 32.2. The monoisotopic (exact) mass is 640 g/mol. The van der Waals surface area contributed by atoms with Gasteiger partial charge in [-0.2, -0.15) is 5.10 Å². The first kappa shape index (κ1) is 30.2. The number of nitrogens with one attached hydrogen (secondary N) is 1. The molecule has 2 amide bonds. The van der Waals surface area contributed by atoms with Gasteiger partial charge in [-0.15, -0.1) is 21.5 Å². The zero-order valence-corrected chi connectivity index (χ0v) is 26.1. The van der Waals surface area contributed by atoms with Crippen LogP contribution >= 0.6 is 23.1 Å². The molecule has 0 fully saturated rings. The molecule has 0 radical (unpaired) electrons. The third-order valence-corrected chi connectivity index (χ3v) is 9.10. The molecule has 3 heterocycles. The van der Waals surface area contributed by atoms with Crippen LogP contribution in [0.4, 0.5) is 4.39 Å². The van der Waals surface area contributed by atoms with Crippen molar-refractivity contribution in [3.63, 3.8) is 0 Å². The number of nitrogens with zero attached hydrogens (tertiary/aromatic N) is 5. The number of aromatic nitrogens is 3.